The van der Waals surface area contributed by atoms with Crippen molar-refractivity contribution in [3.63, 3.8) is 0 Å². The largest absolute Gasteiger partial charge is 0.243 e. The van der Waals surface area contributed by atoms with Crippen molar-refractivity contribution in [3.05, 3.63) is 109 Å². The number of aryl methyl sites for hydroxylation is 1. The first-order valence-electron chi connectivity index (χ1n) is 10.5. The van der Waals surface area contributed by atoms with Gasteiger partial charge in [0.1, 0.15) is 0 Å². The van der Waals surface area contributed by atoms with Crippen molar-refractivity contribution in [2.75, 3.05) is 0 Å². The number of aromatic nitrogens is 2. The van der Waals surface area contributed by atoms with Crippen LogP contribution in [0.25, 0.3) is 55.1 Å². The van der Waals surface area contributed by atoms with Gasteiger partial charge in [-0.05, 0) is 17.7 Å². The summed E-state index contributed by atoms with van der Waals surface area (Å²) in [5, 5.41) is 4.69. The van der Waals surface area contributed by atoms with Crippen LogP contribution >= 0.6 is 0 Å². The number of nitrogens with zero attached hydrogens (tertiary/aromatic N) is 2. The van der Waals surface area contributed by atoms with Crippen LogP contribution in [-0.4, -0.2) is 9.97 Å². The van der Waals surface area contributed by atoms with E-state index in [2.05, 4.69) is 104 Å². The quantitative estimate of drug-likeness (QED) is 0.282. The lowest BCUT2D eigenvalue weighted by molar-refractivity contribution is 1.30. The average molecular weight is 396 g/mol. The Balaban J connectivity index is 1.81. The summed E-state index contributed by atoms with van der Waals surface area (Å²) in [6, 6.07) is 35.9. The van der Waals surface area contributed by atoms with E-state index in [1.54, 1.807) is 0 Å². The lowest BCUT2D eigenvalue weighted by Gasteiger charge is -2.14. The average Bonchev–Trinajstić information content (AvgIpc) is 2.84. The fourth-order valence-electron chi connectivity index (χ4n) is 4.37. The van der Waals surface area contributed by atoms with Crippen molar-refractivity contribution in [1.82, 2.24) is 9.97 Å². The van der Waals surface area contributed by atoms with Gasteiger partial charge in [0.25, 0.3) is 0 Å². The van der Waals surface area contributed by atoms with Gasteiger partial charge in [0.05, 0.1) is 22.4 Å². The smallest absolute Gasteiger partial charge is 0.0979 e. The molecule has 31 heavy (non-hydrogen) atoms. The predicted molar refractivity (Wildman–Crippen MR) is 130 cm³/mol. The van der Waals surface area contributed by atoms with Gasteiger partial charge in [0.15, 0.2) is 0 Å². The second kappa shape index (κ2) is 7.03. The Kier molecular flexibility index (Phi) is 4.03. The summed E-state index contributed by atoms with van der Waals surface area (Å²) < 4.78 is 0. The van der Waals surface area contributed by atoms with Crippen LogP contribution in [0.1, 0.15) is 5.56 Å². The summed E-state index contributed by atoms with van der Waals surface area (Å²) in [5.41, 5.74) is 7.11. The number of hydrogen-bond donors (Lipinski definition) is 0. The maximum Gasteiger partial charge on any atom is 0.0979 e. The highest BCUT2D eigenvalue weighted by atomic mass is 14.8. The van der Waals surface area contributed by atoms with E-state index >= 15 is 0 Å². The normalized spacial score (nSPS) is 11.4. The molecule has 6 rings (SSSR count). The van der Waals surface area contributed by atoms with Crippen molar-refractivity contribution >= 4 is 32.6 Å². The molecule has 5 aromatic carbocycles. The summed E-state index contributed by atoms with van der Waals surface area (Å²) in [6.45, 7) is 2.10. The summed E-state index contributed by atoms with van der Waals surface area (Å²) in [6.07, 6.45) is 0. The Labute approximate surface area is 180 Å². The first-order valence-corrected chi connectivity index (χ1v) is 10.5. The molecule has 0 bridgehead atoms. The van der Waals surface area contributed by atoms with Gasteiger partial charge in [-0.2, -0.15) is 0 Å². The molecule has 2 nitrogen and oxygen atoms in total. The topological polar surface area (TPSA) is 25.8 Å². The van der Waals surface area contributed by atoms with E-state index in [4.69, 9.17) is 9.97 Å². The van der Waals surface area contributed by atoms with Crippen LogP contribution in [0, 0.1) is 6.92 Å². The van der Waals surface area contributed by atoms with E-state index in [0.29, 0.717) is 0 Å². The van der Waals surface area contributed by atoms with Crippen LogP contribution in [0.2, 0.25) is 0 Å². The molecule has 0 N–H and O–H groups in total. The van der Waals surface area contributed by atoms with E-state index in [9.17, 15) is 0 Å². The highest BCUT2D eigenvalue weighted by Gasteiger charge is 2.17. The molecule has 0 aliphatic heterocycles. The number of benzene rings is 5. The Bertz CT molecular complexity index is 1570. The third kappa shape index (κ3) is 2.88. The van der Waals surface area contributed by atoms with Gasteiger partial charge in [0.2, 0.25) is 0 Å². The summed E-state index contributed by atoms with van der Waals surface area (Å²) in [4.78, 5) is 10.5. The molecular formula is C29H20N2. The standard InChI is InChI=1S/C29H20N2/c1-19-15-17-21(18-16-19)27-26(20-9-3-2-4-10-20)30-28-24-13-7-5-11-22(24)23-12-6-8-14-25(23)29(28)31-27/h2-18H,1H3. The van der Waals surface area contributed by atoms with Crippen molar-refractivity contribution in [2.24, 2.45) is 0 Å². The third-order valence-corrected chi connectivity index (χ3v) is 5.92. The maximum absolute atomic E-state index is 5.27. The SMILES string of the molecule is Cc1ccc(-c2nc3c4ccccc4c4ccccc4c3nc2-c2ccccc2)cc1. The van der Waals surface area contributed by atoms with Gasteiger partial charge in [0, 0.05) is 21.9 Å². The zero-order valence-electron chi connectivity index (χ0n) is 17.2. The molecule has 6 aromatic rings. The molecule has 0 saturated carbocycles. The second-order valence-electron chi connectivity index (χ2n) is 7.94. The van der Waals surface area contributed by atoms with Gasteiger partial charge < -0.3 is 0 Å². The first-order chi connectivity index (χ1) is 15.3. The lowest BCUT2D eigenvalue weighted by atomic mass is 9.97. The van der Waals surface area contributed by atoms with Gasteiger partial charge in [-0.1, -0.05) is 109 Å². The van der Waals surface area contributed by atoms with Crippen LogP contribution in [0.5, 0.6) is 0 Å². The molecule has 0 radical (unpaired) electrons. The zero-order chi connectivity index (χ0) is 20.8. The van der Waals surface area contributed by atoms with Gasteiger partial charge in [-0.15, -0.1) is 0 Å². The molecule has 0 aliphatic rings. The third-order valence-electron chi connectivity index (χ3n) is 5.92. The molecular weight excluding hydrogens is 376 g/mol. The summed E-state index contributed by atoms with van der Waals surface area (Å²) >= 11 is 0. The molecule has 1 heterocycles. The van der Waals surface area contributed by atoms with Crippen molar-refractivity contribution in [3.8, 4) is 22.5 Å². The highest BCUT2D eigenvalue weighted by molar-refractivity contribution is 6.23. The monoisotopic (exact) mass is 396 g/mol. The fourth-order valence-corrected chi connectivity index (χ4v) is 4.37. The van der Waals surface area contributed by atoms with E-state index in [0.717, 1.165) is 44.3 Å². The minimum Gasteiger partial charge on any atom is -0.243 e. The van der Waals surface area contributed by atoms with E-state index in [1.165, 1.54) is 16.3 Å². The van der Waals surface area contributed by atoms with Crippen molar-refractivity contribution < 1.29 is 0 Å². The number of hydrogen-bond acceptors (Lipinski definition) is 2. The first kappa shape index (κ1) is 17.8. The van der Waals surface area contributed by atoms with Crippen LogP contribution in [0.15, 0.2) is 103 Å². The van der Waals surface area contributed by atoms with Crippen molar-refractivity contribution in [2.45, 2.75) is 6.92 Å². The van der Waals surface area contributed by atoms with Crippen LogP contribution in [0.3, 0.4) is 0 Å². The Morgan fingerprint density at radius 3 is 1.35 bits per heavy atom. The predicted octanol–water partition coefficient (Wildman–Crippen LogP) is 7.58. The lowest BCUT2D eigenvalue weighted by Crippen LogP contribution is -1.97. The number of rotatable bonds is 2. The van der Waals surface area contributed by atoms with Crippen LogP contribution in [0.4, 0.5) is 0 Å². The molecule has 2 heteroatoms. The second-order valence-corrected chi connectivity index (χ2v) is 7.94. The molecule has 0 amide bonds. The molecule has 0 fully saturated rings. The minimum absolute atomic E-state index is 0.914. The molecule has 1 aromatic heterocycles. The molecule has 0 aliphatic carbocycles. The summed E-state index contributed by atoms with van der Waals surface area (Å²) in [7, 11) is 0. The maximum atomic E-state index is 5.27. The molecule has 146 valence electrons. The molecule has 0 spiro atoms. The zero-order valence-corrected chi connectivity index (χ0v) is 17.2. The van der Waals surface area contributed by atoms with Gasteiger partial charge >= 0.3 is 0 Å². The highest BCUT2D eigenvalue weighted by Crippen LogP contribution is 2.37. The van der Waals surface area contributed by atoms with E-state index < -0.39 is 0 Å². The van der Waals surface area contributed by atoms with Crippen molar-refractivity contribution in [1.29, 1.82) is 0 Å². The molecule has 0 unspecified atom stereocenters. The van der Waals surface area contributed by atoms with Gasteiger partial charge in [-0.25, -0.2) is 9.97 Å². The molecule has 0 saturated heterocycles. The van der Waals surface area contributed by atoms with E-state index in [1.807, 2.05) is 6.07 Å². The molecule has 0 atom stereocenters. The fraction of sp³-hybridized carbons (Fsp3) is 0.0345. The Hall–Kier alpha value is -4.04. The summed E-state index contributed by atoms with van der Waals surface area (Å²) in [5.74, 6) is 0. The Morgan fingerprint density at radius 2 is 0.839 bits per heavy atom. The van der Waals surface area contributed by atoms with Crippen LogP contribution < -0.4 is 0 Å². The number of fused-ring (bicyclic) bond motifs is 6. The van der Waals surface area contributed by atoms with Gasteiger partial charge in [-0.3, -0.25) is 0 Å². The minimum atomic E-state index is 0.914. The van der Waals surface area contributed by atoms with E-state index in [-0.39, 0.29) is 0 Å². The Morgan fingerprint density at radius 1 is 0.419 bits per heavy atom. The van der Waals surface area contributed by atoms with Crippen LogP contribution in [-0.2, 0) is 0 Å².